The third-order valence-corrected chi connectivity index (χ3v) is 5.09. The van der Waals surface area contributed by atoms with E-state index < -0.39 is 0 Å². The number of halogens is 1. The molecular formula is C19H16ClN3O2S. The standard InChI is InChI=1S/C19H16ClN3O2S/c20-14-7-13-8-15(10-23-17(24)6-12-2-5-26-11-12)25-18(13)16(9-14)19-21-3-1-4-22-19/h1-5,7,9,11,15H,6,8,10H2,(H,23,24)/t15-/m1/s1. The Labute approximate surface area is 160 Å². The highest BCUT2D eigenvalue weighted by atomic mass is 35.5. The Balaban J connectivity index is 1.45. The van der Waals surface area contributed by atoms with Crippen LogP contribution in [0.25, 0.3) is 11.4 Å². The van der Waals surface area contributed by atoms with Gasteiger partial charge in [0.1, 0.15) is 11.9 Å². The molecule has 0 saturated carbocycles. The summed E-state index contributed by atoms with van der Waals surface area (Å²) in [5, 5.41) is 7.52. The Hall–Kier alpha value is -2.44. The average molecular weight is 386 g/mol. The summed E-state index contributed by atoms with van der Waals surface area (Å²) in [6, 6.07) is 7.44. The first-order valence-corrected chi connectivity index (χ1v) is 9.55. The topological polar surface area (TPSA) is 64.1 Å². The lowest BCUT2D eigenvalue weighted by atomic mass is 10.1. The van der Waals surface area contributed by atoms with Crippen LogP contribution < -0.4 is 10.1 Å². The van der Waals surface area contributed by atoms with Gasteiger partial charge in [0.2, 0.25) is 5.91 Å². The van der Waals surface area contributed by atoms with Crippen molar-refractivity contribution >= 4 is 28.8 Å². The van der Waals surface area contributed by atoms with Crippen LogP contribution in [-0.4, -0.2) is 28.5 Å². The predicted octanol–water partition coefficient (Wildman–Crippen LogP) is 3.52. The highest BCUT2D eigenvalue weighted by Gasteiger charge is 2.27. The Morgan fingerprint density at radius 3 is 2.96 bits per heavy atom. The number of hydrogen-bond acceptors (Lipinski definition) is 5. The molecule has 0 spiro atoms. The molecule has 0 saturated heterocycles. The number of amides is 1. The first-order chi connectivity index (χ1) is 12.7. The van der Waals surface area contributed by atoms with E-state index in [1.807, 2.05) is 29.0 Å². The molecule has 7 heteroatoms. The second-order valence-electron chi connectivity index (χ2n) is 6.07. The van der Waals surface area contributed by atoms with E-state index in [1.54, 1.807) is 29.8 Å². The normalized spacial score (nSPS) is 15.3. The molecular weight excluding hydrogens is 370 g/mol. The van der Waals surface area contributed by atoms with Gasteiger partial charge >= 0.3 is 0 Å². The maximum atomic E-state index is 12.1. The summed E-state index contributed by atoms with van der Waals surface area (Å²) in [7, 11) is 0. The summed E-state index contributed by atoms with van der Waals surface area (Å²) < 4.78 is 6.08. The van der Waals surface area contributed by atoms with Gasteiger partial charge in [-0.25, -0.2) is 9.97 Å². The molecule has 0 radical (unpaired) electrons. The number of ether oxygens (including phenoxy) is 1. The van der Waals surface area contributed by atoms with Crippen molar-refractivity contribution in [1.29, 1.82) is 0 Å². The SMILES string of the molecule is O=C(Cc1ccsc1)NC[C@H]1Cc2cc(Cl)cc(-c3ncccn3)c2O1. The number of thiophene rings is 1. The number of rotatable bonds is 5. The van der Waals surface area contributed by atoms with Gasteiger partial charge in [0.05, 0.1) is 18.5 Å². The van der Waals surface area contributed by atoms with Gasteiger partial charge in [-0.15, -0.1) is 0 Å². The molecule has 3 heterocycles. The summed E-state index contributed by atoms with van der Waals surface area (Å²) in [4.78, 5) is 20.7. The number of fused-ring (bicyclic) bond motifs is 1. The summed E-state index contributed by atoms with van der Waals surface area (Å²) >= 11 is 7.84. The minimum atomic E-state index is -0.127. The molecule has 1 N–H and O–H groups in total. The lowest BCUT2D eigenvalue weighted by Crippen LogP contribution is -2.35. The van der Waals surface area contributed by atoms with E-state index >= 15 is 0 Å². The van der Waals surface area contributed by atoms with E-state index in [4.69, 9.17) is 16.3 Å². The summed E-state index contributed by atoms with van der Waals surface area (Å²) in [5.74, 6) is 1.32. The highest BCUT2D eigenvalue weighted by Crippen LogP contribution is 2.39. The lowest BCUT2D eigenvalue weighted by molar-refractivity contribution is -0.120. The van der Waals surface area contributed by atoms with Crippen molar-refractivity contribution in [3.63, 3.8) is 0 Å². The molecule has 4 rings (SSSR count). The van der Waals surface area contributed by atoms with Gasteiger partial charge in [-0.3, -0.25) is 4.79 Å². The molecule has 1 aliphatic rings. The van der Waals surface area contributed by atoms with Gasteiger partial charge in [-0.05, 0) is 40.6 Å². The quantitative estimate of drug-likeness (QED) is 0.729. The van der Waals surface area contributed by atoms with E-state index in [0.29, 0.717) is 30.2 Å². The third-order valence-electron chi connectivity index (χ3n) is 4.14. The molecule has 132 valence electrons. The molecule has 1 aliphatic heterocycles. The molecule has 0 unspecified atom stereocenters. The van der Waals surface area contributed by atoms with Crippen molar-refractivity contribution < 1.29 is 9.53 Å². The average Bonchev–Trinajstić information content (AvgIpc) is 3.29. The number of carbonyl (C=O) groups excluding carboxylic acids is 1. The third kappa shape index (κ3) is 3.71. The van der Waals surface area contributed by atoms with Crippen molar-refractivity contribution in [3.8, 4) is 17.1 Å². The Morgan fingerprint density at radius 2 is 2.19 bits per heavy atom. The molecule has 1 atom stereocenters. The van der Waals surface area contributed by atoms with Crippen LogP contribution in [0.4, 0.5) is 0 Å². The van der Waals surface area contributed by atoms with Crippen molar-refractivity contribution in [2.75, 3.05) is 6.54 Å². The summed E-state index contributed by atoms with van der Waals surface area (Å²) in [6.07, 6.45) is 4.32. The molecule has 0 bridgehead atoms. The van der Waals surface area contributed by atoms with E-state index in [2.05, 4.69) is 15.3 Å². The zero-order valence-electron chi connectivity index (χ0n) is 13.8. The van der Waals surface area contributed by atoms with Crippen LogP contribution in [-0.2, 0) is 17.6 Å². The van der Waals surface area contributed by atoms with Crippen molar-refractivity contribution in [1.82, 2.24) is 15.3 Å². The first kappa shape index (κ1) is 17.0. The zero-order valence-corrected chi connectivity index (χ0v) is 15.4. The summed E-state index contributed by atoms with van der Waals surface area (Å²) in [6.45, 7) is 0.449. The molecule has 3 aromatic rings. The summed E-state index contributed by atoms with van der Waals surface area (Å²) in [5.41, 5.74) is 2.82. The Bertz CT molecular complexity index is 916. The molecule has 0 aliphatic carbocycles. The monoisotopic (exact) mass is 385 g/mol. The van der Waals surface area contributed by atoms with E-state index in [1.165, 1.54) is 0 Å². The van der Waals surface area contributed by atoms with Crippen LogP contribution in [0.15, 0.2) is 47.4 Å². The van der Waals surface area contributed by atoms with Crippen LogP contribution in [0.5, 0.6) is 5.75 Å². The van der Waals surface area contributed by atoms with Gasteiger partial charge in [0.25, 0.3) is 0 Å². The van der Waals surface area contributed by atoms with Gasteiger partial charge in [0, 0.05) is 29.4 Å². The van der Waals surface area contributed by atoms with E-state index in [-0.39, 0.29) is 12.0 Å². The Kier molecular flexibility index (Phi) is 4.86. The molecule has 5 nitrogen and oxygen atoms in total. The fraction of sp³-hybridized carbons (Fsp3) is 0.211. The van der Waals surface area contributed by atoms with Crippen LogP contribution in [0.3, 0.4) is 0 Å². The molecule has 26 heavy (non-hydrogen) atoms. The van der Waals surface area contributed by atoms with Crippen molar-refractivity contribution in [2.45, 2.75) is 18.9 Å². The number of nitrogens with zero attached hydrogens (tertiary/aromatic N) is 2. The van der Waals surface area contributed by atoms with Crippen LogP contribution in [0.2, 0.25) is 5.02 Å². The van der Waals surface area contributed by atoms with E-state index in [9.17, 15) is 4.79 Å². The number of benzene rings is 1. The molecule has 0 fully saturated rings. The fourth-order valence-corrected chi connectivity index (χ4v) is 3.89. The fourth-order valence-electron chi connectivity index (χ4n) is 2.98. The minimum Gasteiger partial charge on any atom is -0.487 e. The maximum Gasteiger partial charge on any atom is 0.224 e. The number of carbonyl (C=O) groups is 1. The van der Waals surface area contributed by atoms with Crippen LogP contribution in [0.1, 0.15) is 11.1 Å². The number of aromatic nitrogens is 2. The van der Waals surface area contributed by atoms with Crippen LogP contribution >= 0.6 is 22.9 Å². The van der Waals surface area contributed by atoms with Gasteiger partial charge in [-0.1, -0.05) is 11.6 Å². The Morgan fingerprint density at radius 1 is 1.35 bits per heavy atom. The largest absolute Gasteiger partial charge is 0.487 e. The van der Waals surface area contributed by atoms with Crippen LogP contribution in [0, 0.1) is 0 Å². The number of nitrogens with one attached hydrogen (secondary N) is 1. The number of hydrogen-bond donors (Lipinski definition) is 1. The predicted molar refractivity (Wildman–Crippen MR) is 102 cm³/mol. The van der Waals surface area contributed by atoms with Gasteiger partial charge in [0.15, 0.2) is 5.82 Å². The highest BCUT2D eigenvalue weighted by molar-refractivity contribution is 7.08. The second kappa shape index (κ2) is 7.43. The second-order valence-corrected chi connectivity index (χ2v) is 7.29. The molecule has 1 aromatic carbocycles. The first-order valence-electron chi connectivity index (χ1n) is 8.23. The molecule has 1 amide bonds. The zero-order chi connectivity index (χ0) is 17.9. The maximum absolute atomic E-state index is 12.1. The molecule has 2 aromatic heterocycles. The van der Waals surface area contributed by atoms with Crippen molar-refractivity contribution in [3.05, 3.63) is 63.6 Å². The van der Waals surface area contributed by atoms with E-state index in [0.717, 1.165) is 22.4 Å². The van der Waals surface area contributed by atoms with Gasteiger partial charge < -0.3 is 10.1 Å². The smallest absolute Gasteiger partial charge is 0.224 e. The minimum absolute atomic E-state index is 0.00685. The lowest BCUT2D eigenvalue weighted by Gasteiger charge is -2.13. The van der Waals surface area contributed by atoms with Crippen molar-refractivity contribution in [2.24, 2.45) is 0 Å². The van der Waals surface area contributed by atoms with Gasteiger partial charge in [-0.2, -0.15) is 11.3 Å².